The van der Waals surface area contributed by atoms with E-state index in [1.165, 1.54) is 12.0 Å². The van der Waals surface area contributed by atoms with Crippen LogP contribution in [-0.4, -0.2) is 55.3 Å². The van der Waals surface area contributed by atoms with E-state index in [0.717, 1.165) is 24.9 Å². The molecule has 1 aromatic rings. The molecule has 29 heavy (non-hydrogen) atoms. The molecule has 4 unspecified atom stereocenters. The van der Waals surface area contributed by atoms with Gasteiger partial charge in [0.15, 0.2) is 0 Å². The zero-order valence-corrected chi connectivity index (χ0v) is 16.8. The molecular formula is C21H27N2O6-. The van der Waals surface area contributed by atoms with Crippen molar-refractivity contribution in [3.8, 4) is 0 Å². The highest BCUT2D eigenvalue weighted by atomic mass is 16.5. The van der Waals surface area contributed by atoms with Gasteiger partial charge in [-0.2, -0.15) is 0 Å². The number of benzene rings is 1. The summed E-state index contributed by atoms with van der Waals surface area (Å²) in [6.07, 6.45) is 2.21. The maximum Gasteiger partial charge on any atom is 0.410 e. The van der Waals surface area contributed by atoms with Crippen LogP contribution in [0, 0.1) is 11.8 Å². The molecule has 8 nitrogen and oxygen atoms in total. The number of carboxylic acids is 1. The van der Waals surface area contributed by atoms with Gasteiger partial charge in [0.2, 0.25) is 0 Å². The van der Waals surface area contributed by atoms with Gasteiger partial charge in [0.1, 0.15) is 0 Å². The summed E-state index contributed by atoms with van der Waals surface area (Å²) in [5, 5.41) is 15.0. The Labute approximate surface area is 170 Å². The normalized spacial score (nSPS) is 26.2. The standard InChI is InChI=1S/C21H28N2O6/c1-3-29-20(26)16-6-4-5-7-17(16)22-15-9-8-13-12-23(21(27)28-2)18(19(24)25)11-14(13)10-15/h4-7,13-15,18,22H,3,8-12H2,1-2H3,(H,24,25)/p-1. The van der Waals surface area contributed by atoms with E-state index in [4.69, 9.17) is 9.47 Å². The number of carboxylic acid groups (broad SMARTS) is 1. The lowest BCUT2D eigenvalue weighted by Crippen LogP contribution is -2.58. The average molecular weight is 403 g/mol. The third kappa shape index (κ3) is 4.63. The van der Waals surface area contributed by atoms with Crippen LogP contribution in [0.5, 0.6) is 0 Å². The lowest BCUT2D eigenvalue weighted by Gasteiger charge is -2.47. The number of hydrogen-bond acceptors (Lipinski definition) is 7. The maximum absolute atomic E-state index is 12.2. The van der Waals surface area contributed by atoms with Gasteiger partial charge < -0.3 is 24.7 Å². The number of nitrogens with zero attached hydrogens (tertiary/aromatic N) is 1. The molecule has 2 fully saturated rings. The van der Waals surface area contributed by atoms with Gasteiger partial charge in [-0.05, 0) is 56.6 Å². The molecule has 158 valence electrons. The molecular weight excluding hydrogens is 376 g/mol. The molecule has 1 saturated carbocycles. The Morgan fingerprint density at radius 2 is 1.93 bits per heavy atom. The predicted octanol–water partition coefficient (Wildman–Crippen LogP) is 1.65. The Kier molecular flexibility index (Phi) is 6.61. The maximum atomic E-state index is 12.2. The van der Waals surface area contributed by atoms with Crippen molar-refractivity contribution in [1.29, 1.82) is 0 Å². The lowest BCUT2D eigenvalue weighted by atomic mass is 9.71. The van der Waals surface area contributed by atoms with Gasteiger partial charge in [-0.25, -0.2) is 9.59 Å². The number of methoxy groups -OCH3 is 1. The van der Waals surface area contributed by atoms with E-state index in [2.05, 4.69) is 5.32 Å². The van der Waals surface area contributed by atoms with Crippen LogP contribution in [0.15, 0.2) is 24.3 Å². The Morgan fingerprint density at radius 3 is 2.62 bits per heavy atom. The zero-order chi connectivity index (χ0) is 21.0. The number of hydrogen-bond donors (Lipinski definition) is 1. The molecule has 0 aromatic heterocycles. The minimum atomic E-state index is -1.25. The fraction of sp³-hybridized carbons (Fsp3) is 0.571. The highest BCUT2D eigenvalue weighted by Crippen LogP contribution is 2.40. The first-order chi connectivity index (χ1) is 13.9. The zero-order valence-electron chi connectivity index (χ0n) is 16.8. The topological polar surface area (TPSA) is 108 Å². The first-order valence-corrected chi connectivity index (χ1v) is 10.0. The summed E-state index contributed by atoms with van der Waals surface area (Å²) in [5.74, 6) is -1.24. The van der Waals surface area contributed by atoms with Gasteiger partial charge in [0.05, 0.1) is 31.3 Å². The fourth-order valence-electron chi connectivity index (χ4n) is 4.54. The average Bonchev–Trinajstić information content (AvgIpc) is 2.72. The van der Waals surface area contributed by atoms with E-state index >= 15 is 0 Å². The lowest BCUT2D eigenvalue weighted by molar-refractivity contribution is -0.312. The Hall–Kier alpha value is -2.77. The van der Waals surface area contributed by atoms with Crippen molar-refractivity contribution in [2.24, 2.45) is 11.8 Å². The van der Waals surface area contributed by atoms with Crippen LogP contribution in [0.3, 0.4) is 0 Å². The molecule has 1 N–H and O–H groups in total. The summed E-state index contributed by atoms with van der Waals surface area (Å²) in [5.41, 5.74) is 1.21. The van der Waals surface area contributed by atoms with E-state index in [9.17, 15) is 19.5 Å². The number of amides is 1. The van der Waals surface area contributed by atoms with Crippen molar-refractivity contribution in [2.45, 2.75) is 44.7 Å². The van der Waals surface area contributed by atoms with Crippen molar-refractivity contribution in [2.75, 3.05) is 25.6 Å². The summed E-state index contributed by atoms with van der Waals surface area (Å²) in [7, 11) is 1.25. The number of aliphatic carboxylic acids is 1. The SMILES string of the molecule is CCOC(=O)c1ccccc1NC1CCC2CN(C(=O)OC)C(C(=O)[O-])CC2C1. The first kappa shape index (κ1) is 21.0. The van der Waals surface area contributed by atoms with Gasteiger partial charge in [-0.15, -0.1) is 0 Å². The highest BCUT2D eigenvalue weighted by molar-refractivity contribution is 5.95. The number of anilines is 1. The van der Waals surface area contributed by atoms with E-state index in [1.54, 1.807) is 19.1 Å². The van der Waals surface area contributed by atoms with Crippen LogP contribution < -0.4 is 10.4 Å². The smallest absolute Gasteiger partial charge is 0.410 e. The summed E-state index contributed by atoms with van der Waals surface area (Å²) in [6.45, 7) is 2.44. The molecule has 1 aromatic carbocycles. The van der Waals surface area contributed by atoms with E-state index in [-0.39, 0.29) is 23.8 Å². The van der Waals surface area contributed by atoms with Crippen LogP contribution >= 0.6 is 0 Å². The minimum absolute atomic E-state index is 0.110. The first-order valence-electron chi connectivity index (χ1n) is 10.0. The van der Waals surface area contributed by atoms with Crippen molar-refractivity contribution in [1.82, 2.24) is 4.90 Å². The van der Waals surface area contributed by atoms with E-state index in [1.807, 2.05) is 12.1 Å². The van der Waals surface area contributed by atoms with Crippen LogP contribution in [-0.2, 0) is 14.3 Å². The van der Waals surface area contributed by atoms with Crippen molar-refractivity contribution in [3.05, 3.63) is 29.8 Å². The molecule has 4 atom stereocenters. The van der Waals surface area contributed by atoms with Crippen LogP contribution in [0.4, 0.5) is 10.5 Å². The number of fused-ring (bicyclic) bond motifs is 1. The number of para-hydroxylation sites is 1. The van der Waals surface area contributed by atoms with Gasteiger partial charge in [0, 0.05) is 18.3 Å². The number of likely N-dealkylation sites (tertiary alicyclic amines) is 1. The van der Waals surface area contributed by atoms with Crippen molar-refractivity contribution in [3.63, 3.8) is 0 Å². The van der Waals surface area contributed by atoms with Crippen LogP contribution in [0.25, 0.3) is 0 Å². The van der Waals surface area contributed by atoms with E-state index in [0.29, 0.717) is 25.1 Å². The van der Waals surface area contributed by atoms with E-state index < -0.39 is 18.1 Å². The van der Waals surface area contributed by atoms with Gasteiger partial charge >= 0.3 is 12.1 Å². The molecule has 1 aliphatic heterocycles. The number of esters is 1. The summed E-state index contributed by atoms with van der Waals surface area (Å²) in [6, 6.07) is 6.36. The number of nitrogens with one attached hydrogen (secondary N) is 1. The third-order valence-electron chi connectivity index (χ3n) is 5.94. The molecule has 0 spiro atoms. The monoisotopic (exact) mass is 403 g/mol. The summed E-state index contributed by atoms with van der Waals surface area (Å²) in [4.78, 5) is 37.0. The Balaban J connectivity index is 1.70. The molecule has 3 rings (SSSR count). The number of ether oxygens (including phenoxy) is 2. The van der Waals surface area contributed by atoms with Gasteiger partial charge in [0.25, 0.3) is 0 Å². The fourth-order valence-corrected chi connectivity index (χ4v) is 4.54. The molecule has 1 saturated heterocycles. The molecule has 1 amide bonds. The number of carbonyl (C=O) groups is 3. The summed E-state index contributed by atoms with van der Waals surface area (Å²) >= 11 is 0. The minimum Gasteiger partial charge on any atom is -0.548 e. The highest BCUT2D eigenvalue weighted by Gasteiger charge is 2.42. The van der Waals surface area contributed by atoms with Crippen molar-refractivity contribution >= 4 is 23.7 Å². The van der Waals surface area contributed by atoms with Gasteiger partial charge in [-0.3, -0.25) is 4.90 Å². The molecule has 0 bridgehead atoms. The van der Waals surface area contributed by atoms with Crippen LogP contribution in [0.1, 0.15) is 43.0 Å². The Morgan fingerprint density at radius 1 is 1.17 bits per heavy atom. The Bertz CT molecular complexity index is 767. The van der Waals surface area contributed by atoms with Crippen molar-refractivity contribution < 1.29 is 29.0 Å². The molecule has 1 heterocycles. The number of rotatable bonds is 5. The third-order valence-corrected chi connectivity index (χ3v) is 5.94. The number of piperidine rings is 1. The quantitative estimate of drug-likeness (QED) is 0.745. The number of carbonyl (C=O) groups excluding carboxylic acids is 3. The molecule has 8 heteroatoms. The predicted molar refractivity (Wildman–Crippen MR) is 103 cm³/mol. The largest absolute Gasteiger partial charge is 0.548 e. The molecule has 1 aliphatic carbocycles. The summed E-state index contributed by atoms with van der Waals surface area (Å²) < 4.78 is 9.87. The molecule has 0 radical (unpaired) electrons. The molecule has 2 aliphatic rings. The second-order valence-electron chi connectivity index (χ2n) is 7.63. The van der Waals surface area contributed by atoms with Gasteiger partial charge in [-0.1, -0.05) is 12.1 Å². The van der Waals surface area contributed by atoms with Crippen LogP contribution in [0.2, 0.25) is 0 Å². The second-order valence-corrected chi connectivity index (χ2v) is 7.63. The second kappa shape index (κ2) is 9.15.